The number of carbonyl (C=O) groups is 1. The second-order valence-electron chi connectivity index (χ2n) is 3.35. The maximum Gasteiger partial charge on any atom is 0.303 e. The van der Waals surface area contributed by atoms with Gasteiger partial charge in [-0.25, -0.2) is 4.39 Å². The molecular formula is C11H13FO3. The molecule has 1 N–H and O–H groups in total. The van der Waals surface area contributed by atoms with E-state index in [2.05, 4.69) is 0 Å². The molecule has 1 aromatic rings. The van der Waals surface area contributed by atoms with Gasteiger partial charge >= 0.3 is 5.97 Å². The van der Waals surface area contributed by atoms with Crippen LogP contribution in [0.3, 0.4) is 0 Å². The van der Waals surface area contributed by atoms with Gasteiger partial charge in [-0.05, 0) is 18.1 Å². The monoisotopic (exact) mass is 212 g/mol. The number of ether oxygens (including phenoxy) is 1. The second-order valence-corrected chi connectivity index (χ2v) is 3.35. The summed E-state index contributed by atoms with van der Waals surface area (Å²) in [4.78, 5) is 10.5. The Morgan fingerprint density at radius 1 is 1.60 bits per heavy atom. The van der Waals surface area contributed by atoms with Crippen molar-refractivity contribution in [3.05, 3.63) is 29.6 Å². The summed E-state index contributed by atoms with van der Waals surface area (Å²) in [5.74, 6) is -1.39. The fourth-order valence-corrected chi connectivity index (χ4v) is 1.54. The highest BCUT2D eigenvalue weighted by atomic mass is 19.1. The van der Waals surface area contributed by atoms with Crippen molar-refractivity contribution in [2.24, 2.45) is 0 Å². The molecule has 0 amide bonds. The molecular weight excluding hydrogens is 199 g/mol. The number of methoxy groups -OCH3 is 1. The Morgan fingerprint density at radius 3 is 2.80 bits per heavy atom. The lowest BCUT2D eigenvalue weighted by Crippen LogP contribution is -2.06. The quantitative estimate of drug-likeness (QED) is 0.833. The van der Waals surface area contributed by atoms with Crippen molar-refractivity contribution in [1.29, 1.82) is 0 Å². The molecule has 0 saturated carbocycles. The molecule has 0 saturated heterocycles. The van der Waals surface area contributed by atoms with Crippen molar-refractivity contribution in [1.82, 2.24) is 0 Å². The number of aliphatic carboxylic acids is 1. The molecule has 0 aliphatic carbocycles. The van der Waals surface area contributed by atoms with Crippen LogP contribution in [0.2, 0.25) is 0 Å². The van der Waals surface area contributed by atoms with Crippen LogP contribution >= 0.6 is 0 Å². The van der Waals surface area contributed by atoms with Crippen LogP contribution in [0.4, 0.5) is 4.39 Å². The van der Waals surface area contributed by atoms with Gasteiger partial charge in [-0.1, -0.05) is 13.0 Å². The van der Waals surface area contributed by atoms with Crippen molar-refractivity contribution >= 4 is 5.97 Å². The van der Waals surface area contributed by atoms with Gasteiger partial charge in [0.1, 0.15) is 11.6 Å². The van der Waals surface area contributed by atoms with E-state index in [9.17, 15) is 9.18 Å². The van der Waals surface area contributed by atoms with Gasteiger partial charge < -0.3 is 9.84 Å². The average molecular weight is 212 g/mol. The van der Waals surface area contributed by atoms with Crippen molar-refractivity contribution < 1.29 is 19.0 Å². The van der Waals surface area contributed by atoms with Crippen LogP contribution in [0, 0.1) is 5.82 Å². The molecule has 0 radical (unpaired) electrons. The van der Waals surface area contributed by atoms with Crippen LogP contribution in [0.25, 0.3) is 0 Å². The summed E-state index contributed by atoms with van der Waals surface area (Å²) in [6, 6.07) is 4.46. The molecule has 0 bridgehead atoms. The van der Waals surface area contributed by atoms with E-state index in [1.807, 2.05) is 0 Å². The number of carboxylic acids is 1. The minimum atomic E-state index is -0.951. The van der Waals surface area contributed by atoms with E-state index >= 15 is 0 Å². The maximum absolute atomic E-state index is 13.5. The Kier molecular flexibility index (Phi) is 3.66. The van der Waals surface area contributed by atoms with E-state index in [0.717, 1.165) is 0 Å². The summed E-state index contributed by atoms with van der Waals surface area (Å²) in [5.41, 5.74) is 0.322. The smallest absolute Gasteiger partial charge is 0.303 e. The zero-order valence-electron chi connectivity index (χ0n) is 8.66. The van der Waals surface area contributed by atoms with Crippen LogP contribution in [0.5, 0.6) is 5.75 Å². The third kappa shape index (κ3) is 2.68. The summed E-state index contributed by atoms with van der Waals surface area (Å²) in [5, 5.41) is 8.64. The summed E-state index contributed by atoms with van der Waals surface area (Å²) in [7, 11) is 1.44. The number of halogens is 1. The number of rotatable bonds is 4. The highest BCUT2D eigenvalue weighted by Crippen LogP contribution is 2.30. The zero-order valence-corrected chi connectivity index (χ0v) is 8.66. The van der Waals surface area contributed by atoms with Gasteiger partial charge in [0.15, 0.2) is 0 Å². The first kappa shape index (κ1) is 11.5. The highest BCUT2D eigenvalue weighted by molar-refractivity contribution is 5.68. The summed E-state index contributed by atoms with van der Waals surface area (Å²) in [6.45, 7) is 1.66. The molecule has 1 atom stereocenters. The summed E-state index contributed by atoms with van der Waals surface area (Å²) >= 11 is 0. The minimum Gasteiger partial charge on any atom is -0.496 e. The number of benzene rings is 1. The topological polar surface area (TPSA) is 46.5 Å². The lowest BCUT2D eigenvalue weighted by molar-refractivity contribution is -0.137. The molecule has 82 valence electrons. The summed E-state index contributed by atoms with van der Waals surface area (Å²) < 4.78 is 18.5. The van der Waals surface area contributed by atoms with Gasteiger partial charge in [-0.2, -0.15) is 0 Å². The molecule has 0 aliphatic heterocycles. The Labute approximate surface area is 87.5 Å². The van der Waals surface area contributed by atoms with E-state index < -0.39 is 17.7 Å². The summed E-state index contributed by atoms with van der Waals surface area (Å²) in [6.07, 6.45) is -0.114. The molecule has 15 heavy (non-hydrogen) atoms. The van der Waals surface area contributed by atoms with Crippen molar-refractivity contribution in [2.45, 2.75) is 19.3 Å². The third-order valence-electron chi connectivity index (χ3n) is 2.21. The third-order valence-corrected chi connectivity index (χ3v) is 2.21. The Hall–Kier alpha value is -1.58. The van der Waals surface area contributed by atoms with Crippen molar-refractivity contribution in [2.75, 3.05) is 7.11 Å². The van der Waals surface area contributed by atoms with Gasteiger partial charge in [0, 0.05) is 5.56 Å². The zero-order chi connectivity index (χ0) is 11.4. The van der Waals surface area contributed by atoms with E-state index in [1.54, 1.807) is 13.0 Å². The predicted octanol–water partition coefficient (Wildman–Crippen LogP) is 2.41. The van der Waals surface area contributed by atoms with Crippen LogP contribution in [-0.2, 0) is 4.79 Å². The van der Waals surface area contributed by atoms with Gasteiger partial charge in [0.25, 0.3) is 0 Å². The van der Waals surface area contributed by atoms with Gasteiger partial charge in [-0.3, -0.25) is 4.79 Å². The van der Waals surface area contributed by atoms with E-state index in [4.69, 9.17) is 9.84 Å². The molecule has 1 rings (SSSR count). The number of hydrogen-bond acceptors (Lipinski definition) is 2. The Morgan fingerprint density at radius 2 is 2.27 bits per heavy atom. The van der Waals surface area contributed by atoms with Crippen LogP contribution < -0.4 is 4.74 Å². The lowest BCUT2D eigenvalue weighted by atomic mass is 9.96. The van der Waals surface area contributed by atoms with Gasteiger partial charge in [0.05, 0.1) is 13.5 Å². The van der Waals surface area contributed by atoms with Crippen molar-refractivity contribution in [3.8, 4) is 5.75 Å². The maximum atomic E-state index is 13.5. The standard InChI is InChI=1S/C11H13FO3/c1-7(6-10(13)14)11-8(12)4-3-5-9(11)15-2/h3-5,7H,6H2,1-2H3,(H,13,14)/t7-/m0/s1. The highest BCUT2D eigenvalue weighted by Gasteiger charge is 2.18. The number of carboxylic acid groups (broad SMARTS) is 1. The van der Waals surface area contributed by atoms with E-state index in [1.165, 1.54) is 19.2 Å². The average Bonchev–Trinajstić information content (AvgIpc) is 2.15. The molecule has 0 aromatic heterocycles. The van der Waals surface area contributed by atoms with Crippen LogP contribution in [0.1, 0.15) is 24.8 Å². The molecule has 0 aliphatic rings. The largest absolute Gasteiger partial charge is 0.496 e. The molecule has 0 unspecified atom stereocenters. The molecule has 4 heteroatoms. The lowest BCUT2D eigenvalue weighted by Gasteiger charge is -2.14. The first-order valence-corrected chi connectivity index (χ1v) is 4.60. The van der Waals surface area contributed by atoms with Gasteiger partial charge in [-0.15, -0.1) is 0 Å². The fourth-order valence-electron chi connectivity index (χ4n) is 1.54. The molecule has 0 fully saturated rings. The minimum absolute atomic E-state index is 0.114. The Balaban J connectivity index is 3.05. The second kappa shape index (κ2) is 4.77. The first-order valence-electron chi connectivity index (χ1n) is 4.60. The fraction of sp³-hybridized carbons (Fsp3) is 0.364. The van der Waals surface area contributed by atoms with E-state index in [0.29, 0.717) is 11.3 Å². The SMILES string of the molecule is COc1cccc(F)c1[C@@H](C)CC(=O)O. The van der Waals surface area contributed by atoms with Crippen LogP contribution in [0.15, 0.2) is 18.2 Å². The van der Waals surface area contributed by atoms with Crippen LogP contribution in [-0.4, -0.2) is 18.2 Å². The van der Waals surface area contributed by atoms with E-state index in [-0.39, 0.29) is 6.42 Å². The molecule has 0 spiro atoms. The predicted molar refractivity (Wildman–Crippen MR) is 53.6 cm³/mol. The van der Waals surface area contributed by atoms with Crippen molar-refractivity contribution in [3.63, 3.8) is 0 Å². The molecule has 1 aromatic carbocycles. The van der Waals surface area contributed by atoms with Gasteiger partial charge in [0.2, 0.25) is 0 Å². The normalized spacial score (nSPS) is 12.2. The molecule has 0 heterocycles. The Bertz CT molecular complexity index is 363. The number of hydrogen-bond donors (Lipinski definition) is 1. The first-order chi connectivity index (χ1) is 7.06. The molecule has 3 nitrogen and oxygen atoms in total.